The molecule has 3 nitrogen and oxygen atoms in total. The second kappa shape index (κ2) is 4.18. The maximum atomic E-state index is 13.0. The molecule has 18 heavy (non-hydrogen) atoms. The van der Waals surface area contributed by atoms with E-state index in [9.17, 15) is 8.78 Å². The third kappa shape index (κ3) is 2.07. The summed E-state index contributed by atoms with van der Waals surface area (Å²) in [6.45, 7) is 0. The zero-order valence-electron chi connectivity index (χ0n) is 9.32. The summed E-state index contributed by atoms with van der Waals surface area (Å²) in [5.74, 6) is 0.00119. The van der Waals surface area contributed by atoms with Gasteiger partial charge in [-0.15, -0.1) is 0 Å². The molecule has 2 aromatic heterocycles. The Balaban J connectivity index is 1.92. The predicted octanol–water partition coefficient (Wildman–Crippen LogP) is 2.83. The molecular weight excluding hydrogens is 236 g/mol. The van der Waals surface area contributed by atoms with Crippen molar-refractivity contribution < 1.29 is 8.78 Å². The van der Waals surface area contributed by atoms with Crippen molar-refractivity contribution in [2.45, 2.75) is 6.42 Å². The fraction of sp³-hybridized carbons (Fsp3) is 0.0769. The van der Waals surface area contributed by atoms with Gasteiger partial charge < -0.3 is 4.98 Å². The van der Waals surface area contributed by atoms with Crippen molar-refractivity contribution in [1.82, 2.24) is 15.0 Å². The van der Waals surface area contributed by atoms with Crippen molar-refractivity contribution in [2.75, 3.05) is 0 Å². The summed E-state index contributed by atoms with van der Waals surface area (Å²) >= 11 is 0. The van der Waals surface area contributed by atoms with E-state index in [1.807, 2.05) is 0 Å². The molecule has 0 bridgehead atoms. The molecule has 90 valence electrons. The fourth-order valence-electron chi connectivity index (χ4n) is 1.80. The lowest BCUT2D eigenvalue weighted by Gasteiger charge is -1.97. The highest BCUT2D eigenvalue weighted by molar-refractivity contribution is 5.70. The molecule has 0 radical (unpaired) electrons. The van der Waals surface area contributed by atoms with Gasteiger partial charge in [0.15, 0.2) is 5.65 Å². The minimum absolute atomic E-state index is 0.271. The number of nitrogens with one attached hydrogen (secondary N) is 1. The average Bonchev–Trinajstić information content (AvgIpc) is 2.73. The van der Waals surface area contributed by atoms with Gasteiger partial charge in [0.1, 0.15) is 17.5 Å². The lowest BCUT2D eigenvalue weighted by molar-refractivity contribution is 0.624. The minimum Gasteiger partial charge on any atom is -0.340 e. The molecule has 1 aromatic carbocycles. The molecule has 2 heterocycles. The van der Waals surface area contributed by atoms with Gasteiger partial charge in [-0.05, 0) is 17.7 Å². The van der Waals surface area contributed by atoms with E-state index in [1.165, 1.54) is 18.2 Å². The van der Waals surface area contributed by atoms with Gasteiger partial charge in [0.05, 0.1) is 11.7 Å². The Labute approximate surface area is 102 Å². The summed E-state index contributed by atoms with van der Waals surface area (Å²) in [4.78, 5) is 11.1. The van der Waals surface area contributed by atoms with Gasteiger partial charge in [0.2, 0.25) is 0 Å². The van der Waals surface area contributed by atoms with Gasteiger partial charge in [-0.2, -0.15) is 0 Å². The summed E-state index contributed by atoms with van der Waals surface area (Å²) in [6.07, 6.45) is 1.66. The van der Waals surface area contributed by atoms with Crippen LogP contribution in [0, 0.1) is 11.6 Å². The van der Waals surface area contributed by atoms with Crippen LogP contribution in [0.25, 0.3) is 11.2 Å². The third-order valence-corrected chi connectivity index (χ3v) is 2.64. The first-order valence-electron chi connectivity index (χ1n) is 5.45. The number of H-pyrrole nitrogens is 1. The Kier molecular flexibility index (Phi) is 2.51. The number of rotatable bonds is 2. The van der Waals surface area contributed by atoms with Crippen LogP contribution in [0.4, 0.5) is 8.78 Å². The molecule has 5 heteroatoms. The van der Waals surface area contributed by atoms with E-state index >= 15 is 0 Å². The molecule has 0 aliphatic rings. The summed E-state index contributed by atoms with van der Waals surface area (Å²) in [5.41, 5.74) is 1.97. The second-order valence-corrected chi connectivity index (χ2v) is 4.01. The number of aromatic nitrogens is 3. The van der Waals surface area contributed by atoms with Crippen LogP contribution < -0.4 is 0 Å². The Bertz CT molecular complexity index is 689. The highest BCUT2D eigenvalue weighted by Gasteiger charge is 2.06. The maximum Gasteiger partial charge on any atom is 0.177 e. The summed E-state index contributed by atoms with van der Waals surface area (Å²) in [5, 5.41) is 0. The molecule has 0 aliphatic heterocycles. The third-order valence-electron chi connectivity index (χ3n) is 2.64. The van der Waals surface area contributed by atoms with Crippen LogP contribution in [0.2, 0.25) is 0 Å². The second-order valence-electron chi connectivity index (χ2n) is 4.01. The smallest absolute Gasteiger partial charge is 0.177 e. The number of imidazole rings is 1. The first kappa shape index (κ1) is 10.8. The molecule has 0 saturated heterocycles. The molecular formula is C13H9F2N3. The summed E-state index contributed by atoms with van der Waals surface area (Å²) in [7, 11) is 0. The van der Waals surface area contributed by atoms with Crippen molar-refractivity contribution in [3.63, 3.8) is 0 Å². The lowest BCUT2D eigenvalue weighted by atomic mass is 10.1. The van der Waals surface area contributed by atoms with E-state index in [0.717, 1.165) is 11.8 Å². The van der Waals surface area contributed by atoms with Crippen LogP contribution in [-0.2, 0) is 6.42 Å². The van der Waals surface area contributed by atoms with Crippen molar-refractivity contribution in [1.29, 1.82) is 0 Å². The van der Waals surface area contributed by atoms with E-state index in [-0.39, 0.29) is 5.82 Å². The van der Waals surface area contributed by atoms with Crippen LogP contribution >= 0.6 is 0 Å². The molecule has 3 aromatic rings. The SMILES string of the molecule is Fc1ccc(Cc2nc3ncc(F)cc3[nH]2)cc1. The van der Waals surface area contributed by atoms with Gasteiger partial charge in [0.25, 0.3) is 0 Å². The van der Waals surface area contributed by atoms with Gasteiger partial charge in [-0.25, -0.2) is 18.7 Å². The molecule has 0 spiro atoms. The van der Waals surface area contributed by atoms with Crippen molar-refractivity contribution in [2.24, 2.45) is 0 Å². The quantitative estimate of drug-likeness (QED) is 0.754. The Morgan fingerprint density at radius 1 is 1.06 bits per heavy atom. The Morgan fingerprint density at radius 3 is 2.61 bits per heavy atom. The van der Waals surface area contributed by atoms with Crippen molar-refractivity contribution in [3.8, 4) is 0 Å². The highest BCUT2D eigenvalue weighted by Crippen LogP contribution is 2.13. The average molecular weight is 245 g/mol. The monoisotopic (exact) mass is 245 g/mol. The molecule has 0 fully saturated rings. The van der Waals surface area contributed by atoms with Gasteiger partial charge in [-0.3, -0.25) is 0 Å². The summed E-state index contributed by atoms with van der Waals surface area (Å²) in [6, 6.07) is 7.53. The van der Waals surface area contributed by atoms with Gasteiger partial charge >= 0.3 is 0 Å². The van der Waals surface area contributed by atoms with Crippen LogP contribution in [0.15, 0.2) is 36.5 Å². The van der Waals surface area contributed by atoms with Crippen LogP contribution in [0.3, 0.4) is 0 Å². The molecule has 0 saturated carbocycles. The minimum atomic E-state index is -0.403. The molecule has 0 unspecified atom stereocenters. The van der Waals surface area contributed by atoms with E-state index in [1.54, 1.807) is 12.1 Å². The largest absolute Gasteiger partial charge is 0.340 e. The number of hydrogen-bond acceptors (Lipinski definition) is 2. The molecule has 0 atom stereocenters. The predicted molar refractivity (Wildman–Crippen MR) is 63.1 cm³/mol. The van der Waals surface area contributed by atoms with Crippen LogP contribution in [0.1, 0.15) is 11.4 Å². The number of fused-ring (bicyclic) bond motifs is 1. The topological polar surface area (TPSA) is 41.6 Å². The fourth-order valence-corrected chi connectivity index (χ4v) is 1.80. The van der Waals surface area contributed by atoms with E-state index in [2.05, 4.69) is 15.0 Å². The number of benzene rings is 1. The number of pyridine rings is 1. The normalized spacial score (nSPS) is 11.0. The first-order valence-corrected chi connectivity index (χ1v) is 5.45. The van der Waals surface area contributed by atoms with Crippen LogP contribution in [0.5, 0.6) is 0 Å². The molecule has 1 N–H and O–H groups in total. The maximum absolute atomic E-state index is 13.0. The number of halogens is 2. The van der Waals surface area contributed by atoms with Crippen molar-refractivity contribution in [3.05, 3.63) is 59.6 Å². The van der Waals surface area contributed by atoms with E-state index in [4.69, 9.17) is 0 Å². The standard InChI is InChI=1S/C13H9F2N3/c14-9-3-1-8(2-4-9)5-12-17-11-6-10(15)7-16-13(11)18-12/h1-4,6-7H,5H2,(H,16,17,18). The number of hydrogen-bond donors (Lipinski definition) is 1. The van der Waals surface area contributed by atoms with E-state index < -0.39 is 5.82 Å². The highest BCUT2D eigenvalue weighted by atomic mass is 19.1. The zero-order chi connectivity index (χ0) is 12.5. The Morgan fingerprint density at radius 2 is 1.83 bits per heavy atom. The van der Waals surface area contributed by atoms with Crippen LogP contribution in [-0.4, -0.2) is 15.0 Å². The summed E-state index contributed by atoms with van der Waals surface area (Å²) < 4.78 is 25.7. The number of nitrogens with zero attached hydrogens (tertiary/aromatic N) is 2. The first-order chi connectivity index (χ1) is 8.70. The zero-order valence-corrected chi connectivity index (χ0v) is 9.32. The van der Waals surface area contributed by atoms with Gasteiger partial charge in [-0.1, -0.05) is 12.1 Å². The Hall–Kier alpha value is -2.30. The van der Waals surface area contributed by atoms with Crippen molar-refractivity contribution >= 4 is 11.2 Å². The van der Waals surface area contributed by atoms with E-state index in [0.29, 0.717) is 23.4 Å². The molecule has 3 rings (SSSR count). The lowest BCUT2D eigenvalue weighted by Crippen LogP contribution is -1.90. The number of aromatic amines is 1. The van der Waals surface area contributed by atoms with Gasteiger partial charge in [0, 0.05) is 12.5 Å². The molecule has 0 aliphatic carbocycles. The molecule has 0 amide bonds.